The Balaban J connectivity index is 0. The van der Waals surface area contributed by atoms with E-state index in [1.165, 1.54) is 4.57 Å². The predicted molar refractivity (Wildman–Crippen MR) is 140 cm³/mol. The largest absolute Gasteiger partial charge is 0.400 e. The summed E-state index contributed by atoms with van der Waals surface area (Å²) >= 11 is 9.25. The number of aromatic nitrogens is 1. The van der Waals surface area contributed by atoms with E-state index in [1.807, 2.05) is 12.1 Å². The average Bonchev–Trinajstić information content (AvgIpc) is 2.73. The van der Waals surface area contributed by atoms with Gasteiger partial charge in [0.25, 0.3) is 5.56 Å². The van der Waals surface area contributed by atoms with Crippen molar-refractivity contribution in [1.82, 2.24) is 4.57 Å². The van der Waals surface area contributed by atoms with Gasteiger partial charge in [0.15, 0.2) is 0 Å². The first-order chi connectivity index (χ1) is 14.9. The number of rotatable bonds is 5. The molecule has 2 N–H and O–H groups in total. The Hall–Kier alpha value is -2.43. The highest BCUT2D eigenvalue weighted by molar-refractivity contribution is 9.15. The molecule has 5 nitrogen and oxygen atoms in total. The number of nitrogens with zero attached hydrogens (tertiary/aromatic N) is 1. The van der Waals surface area contributed by atoms with Crippen molar-refractivity contribution < 1.29 is 15.0 Å². The molecule has 7 heteroatoms. The van der Waals surface area contributed by atoms with Gasteiger partial charge in [-0.25, -0.2) is 0 Å². The topological polar surface area (TPSA) is 79.5 Å². The van der Waals surface area contributed by atoms with Crippen molar-refractivity contribution in [2.24, 2.45) is 7.05 Å². The molecule has 0 bridgehead atoms. The van der Waals surface area contributed by atoms with Crippen LogP contribution in [0, 0.1) is 12.8 Å². The van der Waals surface area contributed by atoms with Crippen molar-refractivity contribution in [1.29, 1.82) is 0 Å². The summed E-state index contributed by atoms with van der Waals surface area (Å²) in [6.45, 7) is 12.9. The molecule has 0 atom stereocenters. The lowest BCUT2D eigenvalue weighted by Gasteiger charge is -2.19. The average molecular weight is 525 g/mol. The van der Waals surface area contributed by atoms with Crippen molar-refractivity contribution in [2.75, 3.05) is 7.11 Å². The highest BCUT2D eigenvalue weighted by Crippen LogP contribution is 2.33. The van der Waals surface area contributed by atoms with Crippen LogP contribution in [0.3, 0.4) is 0 Å². The Morgan fingerprint density at radius 2 is 1.66 bits per heavy atom. The molecule has 0 amide bonds. The summed E-state index contributed by atoms with van der Waals surface area (Å²) < 4.78 is 1.95. The summed E-state index contributed by atoms with van der Waals surface area (Å²) in [5, 5.41) is 16.1. The fourth-order valence-corrected chi connectivity index (χ4v) is 3.09. The van der Waals surface area contributed by atoms with E-state index >= 15 is 0 Å². The van der Waals surface area contributed by atoms with Gasteiger partial charge in [-0.2, -0.15) is 0 Å². The van der Waals surface area contributed by atoms with Gasteiger partial charge in [-0.1, -0.05) is 58.9 Å². The Morgan fingerprint density at radius 3 is 2.00 bits per heavy atom. The normalized spacial score (nSPS) is 9.59. The number of pyridine rings is 1. The highest BCUT2D eigenvalue weighted by atomic mass is 79.9. The van der Waals surface area contributed by atoms with Crippen LogP contribution in [-0.4, -0.2) is 33.8 Å². The molecule has 0 aliphatic carbocycles. The van der Waals surface area contributed by atoms with Crippen LogP contribution < -0.4 is 5.56 Å². The minimum Gasteiger partial charge on any atom is -0.400 e. The van der Waals surface area contributed by atoms with E-state index in [0.717, 1.165) is 24.5 Å². The van der Waals surface area contributed by atoms with Gasteiger partial charge in [-0.05, 0) is 44.0 Å². The van der Waals surface area contributed by atoms with Crippen LogP contribution in [-0.2, 0) is 18.3 Å². The lowest BCUT2D eigenvalue weighted by molar-refractivity contribution is -0.107. The molecule has 0 saturated carbocycles. The van der Waals surface area contributed by atoms with E-state index in [-0.39, 0.29) is 12.0 Å². The number of halogens is 2. The predicted octanol–water partition coefficient (Wildman–Crippen LogP) is 5.09. The summed E-state index contributed by atoms with van der Waals surface area (Å²) in [5.74, 6) is 0. The van der Waals surface area contributed by atoms with Gasteiger partial charge in [0.05, 0.1) is 11.2 Å². The molecule has 2 aromatic rings. The summed E-state index contributed by atoms with van der Waals surface area (Å²) in [4.78, 5) is 23.7. The molecule has 2 rings (SSSR count). The highest BCUT2D eigenvalue weighted by Gasteiger charge is 2.20. The number of aldehydes is 1. The number of hydrogen-bond acceptors (Lipinski definition) is 4. The van der Waals surface area contributed by atoms with Crippen LogP contribution in [0.4, 0.5) is 0 Å². The lowest BCUT2D eigenvalue weighted by Crippen LogP contribution is -2.26. The van der Waals surface area contributed by atoms with E-state index in [0.29, 0.717) is 26.3 Å². The van der Waals surface area contributed by atoms with Crippen molar-refractivity contribution >= 4 is 44.4 Å². The summed E-state index contributed by atoms with van der Waals surface area (Å²) in [6, 6.07) is 7.23. The van der Waals surface area contributed by atoms with Gasteiger partial charge in [0.1, 0.15) is 6.29 Å². The van der Waals surface area contributed by atoms with Crippen LogP contribution in [0.5, 0.6) is 0 Å². The van der Waals surface area contributed by atoms with E-state index in [9.17, 15) is 9.59 Å². The van der Waals surface area contributed by atoms with Gasteiger partial charge in [0, 0.05) is 41.3 Å². The zero-order valence-electron chi connectivity index (χ0n) is 19.2. The first-order valence-corrected chi connectivity index (χ1v) is 10.5. The number of benzene rings is 1. The van der Waals surface area contributed by atoms with E-state index in [1.54, 1.807) is 46.0 Å². The molecule has 0 aliphatic heterocycles. The molecule has 1 aromatic carbocycles. The number of carbonyl (C=O) groups is 1. The zero-order valence-corrected chi connectivity index (χ0v) is 21.5. The number of carbonyl (C=O) groups excluding carboxylic acids is 1. The molecule has 0 radical (unpaired) electrons. The van der Waals surface area contributed by atoms with E-state index in [4.69, 9.17) is 21.8 Å². The van der Waals surface area contributed by atoms with Crippen LogP contribution in [0.25, 0.3) is 21.7 Å². The number of hydrogen-bond donors (Lipinski definition) is 2. The second-order valence-corrected chi connectivity index (χ2v) is 8.53. The Morgan fingerprint density at radius 1 is 1.22 bits per heavy atom. The molecule has 0 aliphatic rings. The number of aliphatic hydroxyl groups excluding tert-OH is 1. The van der Waals surface area contributed by atoms with Crippen molar-refractivity contribution in [2.45, 2.75) is 32.8 Å². The van der Waals surface area contributed by atoms with Crippen LogP contribution in [0.2, 0.25) is 5.02 Å². The molecule has 0 unspecified atom stereocenters. The molecule has 32 heavy (non-hydrogen) atoms. The molecule has 0 spiro atoms. The lowest BCUT2D eigenvalue weighted by atomic mass is 9.93. The number of terminal acetylenes is 1. The SMILES string of the molecule is C#C.C=Cc1c(-c2ccc(Cl)cc2)c(CC=O)n(C)c(=O)c1C(=C)Br.CC(C)(C)O.CO. The standard InChI is InChI=1S/C18H15BrClNO2.C4H10O.C2H2.CH4O/c1-4-14-16(11(2)19)18(23)21(3)15(9-10-22)17(14)12-5-7-13(20)8-6-12;1-4(2,3)5;2*1-2/h4-8,10H,1-2,9H2,3H3;5H,1-3H3;1-2H;2H,1H3. The first kappa shape index (κ1) is 31.8. The molecule has 0 saturated heterocycles. The summed E-state index contributed by atoms with van der Waals surface area (Å²) in [6.07, 6.45) is 10.5. The quantitative estimate of drug-likeness (QED) is 0.422. The van der Waals surface area contributed by atoms with Gasteiger partial charge in [-0.15, -0.1) is 12.8 Å². The van der Waals surface area contributed by atoms with Crippen LogP contribution in [0.1, 0.15) is 37.6 Å². The molecule has 174 valence electrons. The zero-order chi connectivity index (χ0) is 25.6. The second kappa shape index (κ2) is 15.4. The van der Waals surface area contributed by atoms with E-state index < -0.39 is 5.60 Å². The van der Waals surface area contributed by atoms with Crippen LogP contribution in [0.15, 0.2) is 42.2 Å². The van der Waals surface area contributed by atoms with Gasteiger partial charge >= 0.3 is 0 Å². The fourth-order valence-electron chi connectivity index (χ4n) is 2.58. The molecular formula is C25H31BrClNO4. The third kappa shape index (κ3) is 9.80. The second-order valence-electron chi connectivity index (χ2n) is 7.13. The van der Waals surface area contributed by atoms with E-state index in [2.05, 4.69) is 41.9 Å². The van der Waals surface area contributed by atoms with Crippen molar-refractivity contribution in [3.63, 3.8) is 0 Å². The third-order valence-electron chi connectivity index (χ3n) is 3.64. The number of aliphatic hydroxyl groups is 2. The van der Waals surface area contributed by atoms with Gasteiger partial charge < -0.3 is 19.6 Å². The Kier molecular flexibility index (Phi) is 15.3. The minimum absolute atomic E-state index is 0.125. The van der Waals surface area contributed by atoms with Crippen LogP contribution >= 0.6 is 27.5 Å². The first-order valence-electron chi connectivity index (χ1n) is 9.35. The Bertz CT molecular complexity index is 978. The minimum atomic E-state index is -0.500. The fraction of sp³-hybridized carbons (Fsp3) is 0.280. The maximum absolute atomic E-state index is 12.6. The van der Waals surface area contributed by atoms with Gasteiger partial charge in [-0.3, -0.25) is 4.79 Å². The molecule has 1 aromatic heterocycles. The maximum atomic E-state index is 12.6. The molecule has 0 fully saturated rings. The summed E-state index contributed by atoms with van der Waals surface area (Å²) in [7, 11) is 2.65. The maximum Gasteiger partial charge on any atom is 0.259 e. The molecule has 1 heterocycles. The Labute approximate surface area is 204 Å². The van der Waals surface area contributed by atoms with Crippen molar-refractivity contribution in [3.05, 3.63) is 69.6 Å². The monoisotopic (exact) mass is 523 g/mol. The summed E-state index contributed by atoms with van der Waals surface area (Å²) in [5.41, 5.74) is 2.61. The van der Waals surface area contributed by atoms with Crippen molar-refractivity contribution in [3.8, 4) is 24.0 Å². The molecular weight excluding hydrogens is 494 g/mol. The smallest absolute Gasteiger partial charge is 0.259 e. The third-order valence-corrected chi connectivity index (χ3v) is 4.28. The van der Waals surface area contributed by atoms with Gasteiger partial charge in [0.2, 0.25) is 0 Å².